The van der Waals surface area contributed by atoms with Crippen LogP contribution in [0.2, 0.25) is 0 Å². The van der Waals surface area contributed by atoms with E-state index in [0.717, 1.165) is 11.1 Å². The quantitative estimate of drug-likeness (QED) is 0.765. The summed E-state index contributed by atoms with van der Waals surface area (Å²) in [6.45, 7) is 2.32. The molecule has 0 heterocycles. The van der Waals surface area contributed by atoms with E-state index in [-0.39, 0.29) is 12.5 Å². The Bertz CT molecular complexity index is 820. The Morgan fingerprint density at radius 2 is 1.92 bits per heavy atom. The highest BCUT2D eigenvalue weighted by Gasteiger charge is 2.12. The van der Waals surface area contributed by atoms with E-state index in [4.69, 9.17) is 14.7 Å². The summed E-state index contributed by atoms with van der Waals surface area (Å²) in [4.78, 5) is 13.9. The zero-order valence-corrected chi connectivity index (χ0v) is 15.2. The standard InChI is InChI=1S/C21H22N2O3/c1-4-5-16-10-11-19(20(12-16)25-3)26-15-21(24)23(2)14-18-8-6-17(13-22)7-9-18/h4-12H,14-15H2,1-3H3/b5-4+. The lowest BCUT2D eigenvalue weighted by Gasteiger charge is -2.18. The molecular formula is C21H22N2O3. The number of methoxy groups -OCH3 is 1. The predicted octanol–water partition coefficient (Wildman–Crippen LogP) is 3.64. The van der Waals surface area contributed by atoms with Crippen molar-refractivity contribution < 1.29 is 14.3 Å². The van der Waals surface area contributed by atoms with E-state index in [1.165, 1.54) is 0 Å². The zero-order chi connectivity index (χ0) is 18.9. The van der Waals surface area contributed by atoms with Crippen LogP contribution in [0.5, 0.6) is 11.5 Å². The molecule has 0 unspecified atom stereocenters. The van der Waals surface area contributed by atoms with Crippen LogP contribution >= 0.6 is 0 Å². The van der Waals surface area contributed by atoms with Gasteiger partial charge in [-0.05, 0) is 42.3 Å². The normalized spacial score (nSPS) is 10.4. The molecule has 5 heteroatoms. The topological polar surface area (TPSA) is 62.6 Å². The summed E-state index contributed by atoms with van der Waals surface area (Å²) in [7, 11) is 3.29. The number of rotatable bonds is 7. The largest absolute Gasteiger partial charge is 0.493 e. The van der Waals surface area contributed by atoms with Crippen LogP contribution < -0.4 is 9.47 Å². The van der Waals surface area contributed by atoms with Gasteiger partial charge in [-0.25, -0.2) is 0 Å². The molecule has 0 N–H and O–H groups in total. The fraction of sp³-hybridized carbons (Fsp3) is 0.238. The first-order chi connectivity index (χ1) is 12.6. The molecule has 0 aliphatic carbocycles. The van der Waals surface area contributed by atoms with E-state index >= 15 is 0 Å². The third-order valence-corrected chi connectivity index (χ3v) is 3.83. The van der Waals surface area contributed by atoms with Crippen molar-refractivity contribution >= 4 is 12.0 Å². The van der Waals surface area contributed by atoms with E-state index in [2.05, 4.69) is 6.07 Å². The molecule has 2 aromatic rings. The summed E-state index contributed by atoms with van der Waals surface area (Å²) >= 11 is 0. The van der Waals surface area contributed by atoms with Gasteiger partial charge in [0.2, 0.25) is 0 Å². The summed E-state index contributed by atoms with van der Waals surface area (Å²) in [5.41, 5.74) is 2.55. The SMILES string of the molecule is C/C=C/c1ccc(OCC(=O)N(C)Cc2ccc(C#N)cc2)c(OC)c1. The maximum atomic E-state index is 12.3. The van der Waals surface area contributed by atoms with Crippen LogP contribution in [0.4, 0.5) is 0 Å². The molecule has 134 valence electrons. The Labute approximate surface area is 154 Å². The molecule has 0 bridgehead atoms. The van der Waals surface area contributed by atoms with Gasteiger partial charge < -0.3 is 14.4 Å². The Morgan fingerprint density at radius 3 is 2.54 bits per heavy atom. The lowest BCUT2D eigenvalue weighted by Crippen LogP contribution is -2.31. The van der Waals surface area contributed by atoms with E-state index in [0.29, 0.717) is 23.6 Å². The van der Waals surface area contributed by atoms with Gasteiger partial charge in [0.15, 0.2) is 18.1 Å². The van der Waals surface area contributed by atoms with Gasteiger partial charge in [-0.1, -0.05) is 30.4 Å². The van der Waals surface area contributed by atoms with Gasteiger partial charge in [0.25, 0.3) is 5.91 Å². The third-order valence-electron chi connectivity index (χ3n) is 3.83. The summed E-state index contributed by atoms with van der Waals surface area (Å²) in [6, 6.07) is 14.8. The number of allylic oxidation sites excluding steroid dienone is 1. The zero-order valence-electron chi connectivity index (χ0n) is 15.2. The molecule has 0 radical (unpaired) electrons. The minimum atomic E-state index is -0.144. The summed E-state index contributed by atoms with van der Waals surface area (Å²) < 4.78 is 11.0. The van der Waals surface area contributed by atoms with Gasteiger partial charge in [-0.15, -0.1) is 0 Å². The van der Waals surface area contributed by atoms with Gasteiger partial charge >= 0.3 is 0 Å². The number of nitrogens with zero attached hydrogens (tertiary/aromatic N) is 2. The van der Waals surface area contributed by atoms with Crippen molar-refractivity contribution in [3.63, 3.8) is 0 Å². The fourth-order valence-electron chi connectivity index (χ4n) is 2.40. The average molecular weight is 350 g/mol. The second-order valence-corrected chi connectivity index (χ2v) is 5.76. The molecule has 0 aromatic heterocycles. The Balaban J connectivity index is 1.95. The first-order valence-corrected chi connectivity index (χ1v) is 8.24. The number of amides is 1. The number of carbonyl (C=O) groups excluding carboxylic acids is 1. The van der Waals surface area contributed by atoms with Crippen LogP contribution in [0, 0.1) is 11.3 Å². The van der Waals surface area contributed by atoms with Crippen molar-refractivity contribution in [2.45, 2.75) is 13.5 Å². The number of ether oxygens (including phenoxy) is 2. The molecule has 0 fully saturated rings. The molecule has 0 saturated heterocycles. The molecule has 0 saturated carbocycles. The molecule has 0 aliphatic heterocycles. The molecule has 5 nitrogen and oxygen atoms in total. The van der Waals surface area contributed by atoms with Gasteiger partial charge in [-0.3, -0.25) is 4.79 Å². The van der Waals surface area contributed by atoms with Gasteiger partial charge in [-0.2, -0.15) is 5.26 Å². The van der Waals surface area contributed by atoms with Crippen molar-refractivity contribution in [3.05, 3.63) is 65.2 Å². The smallest absolute Gasteiger partial charge is 0.260 e. The molecule has 2 aromatic carbocycles. The van der Waals surface area contributed by atoms with Crippen molar-refractivity contribution in [3.8, 4) is 17.6 Å². The van der Waals surface area contributed by atoms with Gasteiger partial charge in [0.1, 0.15) is 0 Å². The molecule has 1 amide bonds. The monoisotopic (exact) mass is 350 g/mol. The summed E-state index contributed by atoms with van der Waals surface area (Å²) in [6.07, 6.45) is 3.90. The lowest BCUT2D eigenvalue weighted by atomic mass is 10.1. The van der Waals surface area contributed by atoms with E-state index < -0.39 is 0 Å². The lowest BCUT2D eigenvalue weighted by molar-refractivity contribution is -0.132. The second kappa shape index (κ2) is 9.28. The molecule has 2 rings (SSSR count). The number of carbonyl (C=O) groups is 1. The number of hydrogen-bond acceptors (Lipinski definition) is 4. The molecular weight excluding hydrogens is 328 g/mol. The summed E-state index contributed by atoms with van der Waals surface area (Å²) in [5.74, 6) is 0.970. The van der Waals surface area contributed by atoms with Crippen molar-refractivity contribution in [1.29, 1.82) is 5.26 Å². The van der Waals surface area contributed by atoms with Crippen molar-refractivity contribution in [2.24, 2.45) is 0 Å². The maximum Gasteiger partial charge on any atom is 0.260 e. The average Bonchev–Trinajstić information content (AvgIpc) is 2.67. The van der Waals surface area contributed by atoms with Crippen LogP contribution in [0.3, 0.4) is 0 Å². The van der Waals surface area contributed by atoms with Crippen LogP contribution in [0.25, 0.3) is 6.08 Å². The van der Waals surface area contributed by atoms with E-state index in [9.17, 15) is 4.79 Å². The molecule has 0 aliphatic rings. The third kappa shape index (κ3) is 5.12. The molecule has 26 heavy (non-hydrogen) atoms. The number of nitriles is 1. The fourth-order valence-corrected chi connectivity index (χ4v) is 2.40. The molecule has 0 spiro atoms. The number of hydrogen-bond donors (Lipinski definition) is 0. The Kier molecular flexibility index (Phi) is 6.81. The van der Waals surface area contributed by atoms with Gasteiger partial charge in [0.05, 0.1) is 18.7 Å². The highest BCUT2D eigenvalue weighted by molar-refractivity contribution is 5.77. The highest BCUT2D eigenvalue weighted by Crippen LogP contribution is 2.28. The first kappa shape index (κ1) is 19.1. The van der Waals surface area contributed by atoms with Crippen molar-refractivity contribution in [1.82, 2.24) is 4.90 Å². The van der Waals surface area contributed by atoms with E-state index in [1.807, 2.05) is 43.3 Å². The van der Waals surface area contributed by atoms with E-state index in [1.54, 1.807) is 37.3 Å². The Hall–Kier alpha value is -3.26. The van der Waals surface area contributed by atoms with Gasteiger partial charge in [0, 0.05) is 13.6 Å². The second-order valence-electron chi connectivity index (χ2n) is 5.76. The summed E-state index contributed by atoms with van der Waals surface area (Å²) in [5, 5.41) is 8.82. The number of likely N-dealkylation sites (N-methyl/N-ethyl adjacent to an activating group) is 1. The molecule has 0 atom stereocenters. The highest BCUT2D eigenvalue weighted by atomic mass is 16.5. The van der Waals surface area contributed by atoms with Crippen LogP contribution in [0.15, 0.2) is 48.5 Å². The Morgan fingerprint density at radius 1 is 1.19 bits per heavy atom. The first-order valence-electron chi connectivity index (χ1n) is 8.24. The maximum absolute atomic E-state index is 12.3. The minimum absolute atomic E-state index is 0.0773. The van der Waals surface area contributed by atoms with Crippen LogP contribution in [-0.2, 0) is 11.3 Å². The predicted molar refractivity (Wildman–Crippen MR) is 101 cm³/mol. The van der Waals surface area contributed by atoms with Crippen LogP contribution in [-0.4, -0.2) is 31.6 Å². The minimum Gasteiger partial charge on any atom is -0.493 e. The van der Waals surface area contributed by atoms with Crippen molar-refractivity contribution in [2.75, 3.05) is 20.8 Å². The number of benzene rings is 2. The van der Waals surface area contributed by atoms with Crippen LogP contribution in [0.1, 0.15) is 23.6 Å².